The number of fused-ring (bicyclic) bond motifs is 2. The molecule has 2 heterocycles. The van der Waals surface area contributed by atoms with Crippen molar-refractivity contribution in [2.75, 3.05) is 11.4 Å². The van der Waals surface area contributed by atoms with Crippen LogP contribution >= 0.6 is 0 Å². The van der Waals surface area contributed by atoms with Crippen molar-refractivity contribution in [3.05, 3.63) is 65.2 Å². The fourth-order valence-corrected chi connectivity index (χ4v) is 6.79. The predicted molar refractivity (Wildman–Crippen MR) is 132 cm³/mol. The summed E-state index contributed by atoms with van der Waals surface area (Å²) >= 11 is 0. The highest BCUT2D eigenvalue weighted by Gasteiger charge is 2.51. The van der Waals surface area contributed by atoms with E-state index in [1.54, 1.807) is 0 Å². The van der Waals surface area contributed by atoms with E-state index in [0.29, 0.717) is 0 Å². The minimum atomic E-state index is -0.499. The van der Waals surface area contributed by atoms with Crippen molar-refractivity contribution < 1.29 is 14.4 Å². The summed E-state index contributed by atoms with van der Waals surface area (Å²) < 4.78 is 0. The van der Waals surface area contributed by atoms with Crippen molar-refractivity contribution >= 4 is 23.4 Å². The van der Waals surface area contributed by atoms with Crippen LogP contribution in [0.1, 0.15) is 69.6 Å². The van der Waals surface area contributed by atoms with Gasteiger partial charge >= 0.3 is 0 Å². The van der Waals surface area contributed by atoms with E-state index in [9.17, 15) is 14.4 Å². The third-order valence-corrected chi connectivity index (χ3v) is 8.27. The zero-order valence-corrected chi connectivity index (χ0v) is 20.6. The molecular weight excluding hydrogens is 424 g/mol. The molecule has 0 spiro atoms. The topological polar surface area (TPSA) is 57.7 Å². The van der Waals surface area contributed by atoms with Crippen LogP contribution in [0.5, 0.6) is 0 Å². The summed E-state index contributed by atoms with van der Waals surface area (Å²) in [7, 11) is 0. The second kappa shape index (κ2) is 8.07. The van der Waals surface area contributed by atoms with Gasteiger partial charge in [0.15, 0.2) is 0 Å². The molecule has 3 atom stereocenters. The lowest BCUT2D eigenvalue weighted by molar-refractivity contribution is -0.143. The molecule has 34 heavy (non-hydrogen) atoms. The van der Waals surface area contributed by atoms with Gasteiger partial charge in [-0.1, -0.05) is 62.2 Å². The lowest BCUT2D eigenvalue weighted by Gasteiger charge is -2.51. The molecule has 0 bridgehead atoms. The SMILES string of the molecule is Cc1ccc2c(c1)N(C(=O)CN1C(=O)[C@@H]3CCCC[C@H]3C1=O)C(C)(C)C[C@]2(C)c1ccccc1. The summed E-state index contributed by atoms with van der Waals surface area (Å²) in [6, 6.07) is 16.7. The number of anilines is 1. The van der Waals surface area contributed by atoms with Crippen LogP contribution in [0.3, 0.4) is 0 Å². The second-order valence-electron chi connectivity index (χ2n) is 11.2. The van der Waals surface area contributed by atoms with E-state index in [1.165, 1.54) is 10.5 Å². The van der Waals surface area contributed by atoms with Crippen molar-refractivity contribution in [3.63, 3.8) is 0 Å². The number of carbonyl (C=O) groups is 3. The lowest BCUT2D eigenvalue weighted by atomic mass is 9.65. The van der Waals surface area contributed by atoms with Gasteiger partial charge in [-0.25, -0.2) is 0 Å². The highest BCUT2D eigenvalue weighted by atomic mass is 16.2. The molecule has 5 heteroatoms. The number of hydrogen-bond donors (Lipinski definition) is 0. The molecule has 1 saturated heterocycles. The molecule has 2 fully saturated rings. The number of aryl methyl sites for hydroxylation is 1. The molecule has 5 nitrogen and oxygen atoms in total. The van der Waals surface area contributed by atoms with Gasteiger partial charge in [0.05, 0.1) is 11.8 Å². The van der Waals surface area contributed by atoms with Crippen LogP contribution in [0.25, 0.3) is 0 Å². The van der Waals surface area contributed by atoms with E-state index in [2.05, 4.69) is 63.2 Å². The van der Waals surface area contributed by atoms with Crippen molar-refractivity contribution in [1.29, 1.82) is 0 Å². The van der Waals surface area contributed by atoms with Crippen molar-refractivity contribution in [2.45, 2.75) is 70.8 Å². The summed E-state index contributed by atoms with van der Waals surface area (Å²) in [5.41, 5.74) is 3.51. The Balaban J connectivity index is 1.53. The summed E-state index contributed by atoms with van der Waals surface area (Å²) in [6.45, 7) is 8.28. The third-order valence-electron chi connectivity index (χ3n) is 8.27. The van der Waals surface area contributed by atoms with Gasteiger partial charge in [0.25, 0.3) is 0 Å². The lowest BCUT2D eigenvalue weighted by Crippen LogP contribution is -2.58. The van der Waals surface area contributed by atoms with Gasteiger partial charge in [-0.05, 0) is 62.8 Å². The maximum atomic E-state index is 13.9. The molecule has 0 N–H and O–H groups in total. The molecule has 3 amide bonds. The third kappa shape index (κ3) is 3.48. The number of nitrogens with zero attached hydrogens (tertiary/aromatic N) is 2. The Bertz CT molecular complexity index is 1130. The number of carbonyl (C=O) groups excluding carboxylic acids is 3. The number of likely N-dealkylation sites (tertiary alicyclic amines) is 1. The standard InChI is InChI=1S/C29H34N2O3/c1-19-14-15-23-24(16-19)31(28(2,3)18-29(23,4)20-10-6-5-7-11-20)25(32)17-30-26(33)21-12-8-9-13-22(21)27(30)34/h5-7,10-11,14-16,21-22H,8-9,12-13,17-18H2,1-4H3/t21-,22-,29-/m1/s1. The molecule has 178 valence electrons. The van der Waals surface area contributed by atoms with Crippen LogP contribution in [0.4, 0.5) is 5.69 Å². The second-order valence-corrected chi connectivity index (χ2v) is 11.2. The molecule has 5 rings (SSSR count). The minimum absolute atomic E-state index is 0.156. The highest BCUT2D eigenvalue weighted by Crippen LogP contribution is 2.50. The first kappa shape index (κ1) is 22.8. The Morgan fingerprint density at radius 3 is 2.18 bits per heavy atom. The van der Waals surface area contributed by atoms with E-state index in [-0.39, 0.29) is 41.5 Å². The maximum Gasteiger partial charge on any atom is 0.247 e. The van der Waals surface area contributed by atoms with Gasteiger partial charge in [-0.2, -0.15) is 0 Å². The van der Waals surface area contributed by atoms with E-state index in [0.717, 1.165) is 48.9 Å². The molecule has 3 aliphatic rings. The van der Waals surface area contributed by atoms with Gasteiger partial charge in [0.2, 0.25) is 17.7 Å². The summed E-state index contributed by atoms with van der Waals surface area (Å²) in [4.78, 5) is 43.1. The molecule has 2 aliphatic heterocycles. The van der Waals surface area contributed by atoms with E-state index < -0.39 is 5.54 Å². The van der Waals surface area contributed by atoms with Gasteiger partial charge in [-0.15, -0.1) is 0 Å². The van der Waals surface area contributed by atoms with Crippen molar-refractivity contribution in [2.24, 2.45) is 11.8 Å². The van der Waals surface area contributed by atoms with E-state index >= 15 is 0 Å². The Hall–Kier alpha value is -2.95. The molecule has 0 aromatic heterocycles. The fraction of sp³-hybridized carbons (Fsp3) is 0.483. The van der Waals surface area contributed by atoms with E-state index in [4.69, 9.17) is 0 Å². The molecule has 2 aromatic rings. The number of rotatable bonds is 3. The quantitative estimate of drug-likeness (QED) is 0.609. The Morgan fingerprint density at radius 1 is 0.941 bits per heavy atom. The van der Waals surface area contributed by atoms with E-state index in [1.807, 2.05) is 17.9 Å². The number of hydrogen-bond acceptors (Lipinski definition) is 3. The first-order chi connectivity index (χ1) is 16.1. The number of amides is 3. The van der Waals surface area contributed by atoms with Gasteiger partial charge in [0.1, 0.15) is 6.54 Å². The first-order valence-electron chi connectivity index (χ1n) is 12.5. The fourth-order valence-electron chi connectivity index (χ4n) is 6.79. The normalized spacial score (nSPS) is 28.0. The monoisotopic (exact) mass is 458 g/mol. The van der Waals surface area contributed by atoms with Crippen LogP contribution < -0.4 is 4.90 Å². The summed E-state index contributed by atoms with van der Waals surface area (Å²) in [5, 5.41) is 0. The largest absolute Gasteiger partial charge is 0.305 e. The Kier molecular flexibility index (Phi) is 5.42. The van der Waals surface area contributed by atoms with Crippen LogP contribution in [0.15, 0.2) is 48.5 Å². The minimum Gasteiger partial charge on any atom is -0.305 e. The number of imide groups is 1. The van der Waals surface area contributed by atoms with Crippen LogP contribution in [-0.4, -0.2) is 34.7 Å². The van der Waals surface area contributed by atoms with Gasteiger partial charge < -0.3 is 4.90 Å². The summed E-state index contributed by atoms with van der Waals surface area (Å²) in [6.07, 6.45) is 4.20. The summed E-state index contributed by atoms with van der Waals surface area (Å²) in [5.74, 6) is -0.973. The maximum absolute atomic E-state index is 13.9. The molecule has 2 aromatic carbocycles. The highest BCUT2D eigenvalue weighted by molar-refractivity contribution is 6.09. The Morgan fingerprint density at radius 2 is 1.56 bits per heavy atom. The molecule has 0 unspecified atom stereocenters. The van der Waals surface area contributed by atoms with Crippen molar-refractivity contribution in [3.8, 4) is 0 Å². The van der Waals surface area contributed by atoms with Crippen LogP contribution in [-0.2, 0) is 19.8 Å². The Labute approximate surface area is 202 Å². The molecule has 1 saturated carbocycles. The smallest absolute Gasteiger partial charge is 0.247 e. The average molecular weight is 459 g/mol. The number of benzene rings is 2. The first-order valence-corrected chi connectivity index (χ1v) is 12.5. The van der Waals surface area contributed by atoms with Crippen molar-refractivity contribution in [1.82, 2.24) is 4.90 Å². The van der Waals surface area contributed by atoms with Crippen LogP contribution in [0.2, 0.25) is 0 Å². The molecule has 0 radical (unpaired) electrons. The molecule has 1 aliphatic carbocycles. The predicted octanol–water partition coefficient (Wildman–Crippen LogP) is 4.99. The van der Waals surface area contributed by atoms with Crippen LogP contribution in [0, 0.1) is 18.8 Å². The van der Waals surface area contributed by atoms with Gasteiger partial charge in [0, 0.05) is 16.6 Å². The average Bonchev–Trinajstić information content (AvgIpc) is 3.04. The van der Waals surface area contributed by atoms with Gasteiger partial charge in [-0.3, -0.25) is 19.3 Å². The zero-order valence-electron chi connectivity index (χ0n) is 20.6. The molecular formula is C29H34N2O3. The zero-order chi connectivity index (χ0) is 24.3.